The summed E-state index contributed by atoms with van der Waals surface area (Å²) in [6, 6.07) is -0.126. The number of ether oxygens (including phenoxy) is 1. The monoisotopic (exact) mass is 332 g/mol. The molecule has 1 saturated heterocycles. The minimum absolute atomic E-state index is 0.0487. The van der Waals surface area contributed by atoms with Crippen LogP contribution < -0.4 is 4.72 Å². The van der Waals surface area contributed by atoms with Crippen LogP contribution in [-0.4, -0.2) is 52.6 Å². The predicted octanol–water partition coefficient (Wildman–Crippen LogP) is 1.22. The second-order valence-electron chi connectivity index (χ2n) is 5.29. The van der Waals surface area contributed by atoms with Gasteiger partial charge in [-0.15, -0.1) is 11.3 Å². The molecule has 0 aliphatic carbocycles. The predicted molar refractivity (Wildman–Crippen MR) is 81.2 cm³/mol. The first kappa shape index (κ1) is 16.4. The average molecular weight is 332 g/mol. The van der Waals surface area contributed by atoms with Crippen LogP contribution in [0.1, 0.15) is 28.1 Å². The highest BCUT2D eigenvalue weighted by Gasteiger charge is 2.30. The van der Waals surface area contributed by atoms with Gasteiger partial charge in [0.1, 0.15) is 9.77 Å². The van der Waals surface area contributed by atoms with Crippen LogP contribution >= 0.6 is 11.3 Å². The lowest BCUT2D eigenvalue weighted by Gasteiger charge is -2.30. The number of thiophene rings is 1. The molecular weight excluding hydrogens is 312 g/mol. The van der Waals surface area contributed by atoms with Gasteiger partial charge in [-0.05, 0) is 44.3 Å². The molecule has 0 saturated carbocycles. The summed E-state index contributed by atoms with van der Waals surface area (Å²) in [5.74, 6) is -0.616. The molecule has 2 heterocycles. The van der Waals surface area contributed by atoms with Crippen molar-refractivity contribution in [1.29, 1.82) is 0 Å². The number of nitrogens with zero attached hydrogens (tertiary/aromatic N) is 1. The van der Waals surface area contributed by atoms with E-state index in [-0.39, 0.29) is 15.8 Å². The number of piperidine rings is 1. The molecule has 1 aliphatic heterocycles. The van der Waals surface area contributed by atoms with E-state index >= 15 is 0 Å². The van der Waals surface area contributed by atoms with Crippen LogP contribution in [0, 0.1) is 6.92 Å². The summed E-state index contributed by atoms with van der Waals surface area (Å²) in [4.78, 5) is 14.0. The molecule has 1 aromatic heterocycles. The van der Waals surface area contributed by atoms with Crippen molar-refractivity contribution < 1.29 is 17.9 Å². The number of methoxy groups -OCH3 is 1. The van der Waals surface area contributed by atoms with Gasteiger partial charge in [0.05, 0.1) is 7.11 Å². The third kappa shape index (κ3) is 3.63. The highest BCUT2D eigenvalue weighted by molar-refractivity contribution is 7.89. The fourth-order valence-corrected chi connectivity index (χ4v) is 5.51. The van der Waals surface area contributed by atoms with Crippen molar-refractivity contribution in [1.82, 2.24) is 9.62 Å². The van der Waals surface area contributed by atoms with E-state index in [1.807, 2.05) is 7.05 Å². The van der Waals surface area contributed by atoms with Gasteiger partial charge in [-0.2, -0.15) is 0 Å². The fraction of sp³-hybridized carbons (Fsp3) is 0.615. The zero-order valence-electron chi connectivity index (χ0n) is 12.4. The second kappa shape index (κ2) is 6.43. The maximum absolute atomic E-state index is 12.6. The van der Waals surface area contributed by atoms with Crippen LogP contribution in [0.15, 0.2) is 10.3 Å². The van der Waals surface area contributed by atoms with E-state index in [4.69, 9.17) is 0 Å². The van der Waals surface area contributed by atoms with Crippen LogP contribution in [0.5, 0.6) is 0 Å². The summed E-state index contributed by atoms with van der Waals surface area (Å²) >= 11 is 1.09. The summed E-state index contributed by atoms with van der Waals surface area (Å²) in [5, 5.41) is 1.66. The molecule has 1 atom stereocenters. The Morgan fingerprint density at radius 1 is 1.52 bits per heavy atom. The summed E-state index contributed by atoms with van der Waals surface area (Å²) in [6.45, 7) is 3.34. The highest BCUT2D eigenvalue weighted by Crippen LogP contribution is 2.28. The molecule has 1 aromatic rings. The topological polar surface area (TPSA) is 75.7 Å². The number of nitrogens with one attached hydrogen (secondary N) is 1. The second-order valence-corrected chi connectivity index (χ2v) is 7.82. The van der Waals surface area contributed by atoms with E-state index in [0.717, 1.165) is 30.7 Å². The number of carbonyl (C=O) groups is 1. The number of rotatable bonds is 4. The van der Waals surface area contributed by atoms with E-state index in [1.165, 1.54) is 7.11 Å². The molecule has 1 N–H and O–H groups in total. The molecule has 2 rings (SSSR count). The van der Waals surface area contributed by atoms with Crippen LogP contribution in [-0.2, 0) is 14.8 Å². The molecule has 8 heteroatoms. The Balaban J connectivity index is 2.27. The lowest BCUT2D eigenvalue weighted by molar-refractivity contribution is 0.0602. The highest BCUT2D eigenvalue weighted by atomic mass is 32.2. The third-order valence-corrected chi connectivity index (χ3v) is 6.42. The molecule has 0 aromatic carbocycles. The van der Waals surface area contributed by atoms with Gasteiger partial charge in [-0.25, -0.2) is 17.9 Å². The van der Waals surface area contributed by atoms with Crippen LogP contribution in [0.3, 0.4) is 0 Å². The van der Waals surface area contributed by atoms with Gasteiger partial charge in [0.2, 0.25) is 10.0 Å². The van der Waals surface area contributed by atoms with Crippen LogP contribution in [0.2, 0.25) is 0 Å². The Kier molecular flexibility index (Phi) is 5.03. The minimum atomic E-state index is -3.72. The van der Waals surface area contributed by atoms with Crippen molar-refractivity contribution in [3.05, 3.63) is 15.8 Å². The molecule has 1 fully saturated rings. The zero-order valence-corrected chi connectivity index (χ0v) is 14.0. The summed E-state index contributed by atoms with van der Waals surface area (Å²) < 4.78 is 32.6. The number of hydrogen-bond acceptors (Lipinski definition) is 6. The van der Waals surface area contributed by atoms with Crippen molar-refractivity contribution >= 4 is 27.3 Å². The quantitative estimate of drug-likeness (QED) is 0.839. The van der Waals surface area contributed by atoms with Crippen molar-refractivity contribution in [3.63, 3.8) is 0 Å². The molecule has 118 valence electrons. The molecule has 1 aliphatic rings. The molecule has 21 heavy (non-hydrogen) atoms. The SMILES string of the molecule is COC(=O)c1scc(C)c1S(=O)(=O)NC1CCCN(C)C1. The van der Waals surface area contributed by atoms with Gasteiger partial charge >= 0.3 is 5.97 Å². The lowest BCUT2D eigenvalue weighted by atomic mass is 10.1. The van der Waals surface area contributed by atoms with Gasteiger partial charge in [-0.3, -0.25) is 0 Å². The van der Waals surface area contributed by atoms with E-state index in [1.54, 1.807) is 12.3 Å². The molecule has 1 unspecified atom stereocenters. The summed E-state index contributed by atoms with van der Waals surface area (Å²) in [6.07, 6.45) is 1.76. The van der Waals surface area contributed by atoms with Crippen molar-refractivity contribution in [3.8, 4) is 0 Å². The molecule has 6 nitrogen and oxygen atoms in total. The van der Waals surface area contributed by atoms with Crippen molar-refractivity contribution in [2.24, 2.45) is 0 Å². The zero-order chi connectivity index (χ0) is 15.6. The Hall–Kier alpha value is -0.960. The normalized spacial score (nSPS) is 20.4. The molecule has 0 radical (unpaired) electrons. The molecule has 0 amide bonds. The first-order chi connectivity index (χ1) is 9.85. The minimum Gasteiger partial charge on any atom is -0.465 e. The van der Waals surface area contributed by atoms with Gasteiger partial charge < -0.3 is 9.64 Å². The van der Waals surface area contributed by atoms with E-state index < -0.39 is 16.0 Å². The molecule has 0 spiro atoms. The molecule has 0 bridgehead atoms. The fourth-order valence-electron chi connectivity index (χ4n) is 2.54. The average Bonchev–Trinajstić information content (AvgIpc) is 2.80. The maximum atomic E-state index is 12.6. The molecular formula is C13H20N2O4S2. The van der Waals surface area contributed by atoms with Gasteiger partial charge in [0.25, 0.3) is 0 Å². The lowest BCUT2D eigenvalue weighted by Crippen LogP contribution is -2.46. The van der Waals surface area contributed by atoms with Crippen LogP contribution in [0.4, 0.5) is 0 Å². The van der Waals surface area contributed by atoms with Crippen molar-refractivity contribution in [2.75, 3.05) is 27.2 Å². The standard InChI is InChI=1S/C13H20N2O4S2/c1-9-8-20-11(13(16)19-3)12(9)21(17,18)14-10-5-4-6-15(2)7-10/h8,10,14H,4-7H2,1-3H3. The number of carbonyl (C=O) groups excluding carboxylic acids is 1. The van der Waals surface area contributed by atoms with Gasteiger partial charge in [0.15, 0.2) is 0 Å². The summed E-state index contributed by atoms with van der Waals surface area (Å²) in [5.41, 5.74) is 0.567. The summed E-state index contributed by atoms with van der Waals surface area (Å²) in [7, 11) is -0.508. The number of likely N-dealkylation sites (N-methyl/N-ethyl adjacent to an activating group) is 1. The third-order valence-electron chi connectivity index (χ3n) is 3.50. The Bertz CT molecular complexity index is 624. The number of esters is 1. The van der Waals surface area contributed by atoms with Crippen molar-refractivity contribution in [2.45, 2.75) is 30.7 Å². The number of sulfonamides is 1. The van der Waals surface area contributed by atoms with E-state index in [2.05, 4.69) is 14.4 Å². The largest absolute Gasteiger partial charge is 0.465 e. The van der Waals surface area contributed by atoms with E-state index in [9.17, 15) is 13.2 Å². The first-order valence-electron chi connectivity index (χ1n) is 6.72. The first-order valence-corrected chi connectivity index (χ1v) is 9.08. The van der Waals surface area contributed by atoms with E-state index in [0.29, 0.717) is 12.1 Å². The number of likely N-dealkylation sites (tertiary alicyclic amines) is 1. The smallest absolute Gasteiger partial charge is 0.349 e. The van der Waals surface area contributed by atoms with Gasteiger partial charge in [0, 0.05) is 12.6 Å². The Morgan fingerprint density at radius 3 is 2.86 bits per heavy atom. The van der Waals surface area contributed by atoms with Gasteiger partial charge in [-0.1, -0.05) is 0 Å². The number of aryl methyl sites for hydroxylation is 1. The Labute approximate surface area is 129 Å². The number of hydrogen-bond donors (Lipinski definition) is 1. The van der Waals surface area contributed by atoms with Crippen LogP contribution in [0.25, 0.3) is 0 Å². The Morgan fingerprint density at radius 2 is 2.24 bits per heavy atom. The maximum Gasteiger partial charge on any atom is 0.349 e.